The predicted octanol–water partition coefficient (Wildman–Crippen LogP) is 4.59. The van der Waals surface area contributed by atoms with Crippen molar-refractivity contribution >= 4 is 11.9 Å². The number of ether oxygens (including phenoxy) is 1. The molecule has 0 aliphatic heterocycles. The van der Waals surface area contributed by atoms with Crippen LogP contribution in [0.3, 0.4) is 0 Å². The minimum atomic E-state index is -0.308. The van der Waals surface area contributed by atoms with Crippen LogP contribution in [0.4, 0.5) is 0 Å². The van der Waals surface area contributed by atoms with Crippen molar-refractivity contribution in [2.24, 2.45) is 0 Å². The zero-order valence-corrected chi connectivity index (χ0v) is 14.9. The molecule has 0 radical (unpaired) electrons. The Kier molecular flexibility index (Phi) is 5.57. The number of hydrogen-bond donors (Lipinski definition) is 2. The Balaban J connectivity index is 1.90. The van der Waals surface area contributed by atoms with Gasteiger partial charge in [0.15, 0.2) is 5.78 Å². The van der Waals surface area contributed by atoms with E-state index in [0.29, 0.717) is 17.7 Å². The Hall–Kier alpha value is -3.53. The van der Waals surface area contributed by atoms with E-state index in [2.05, 4.69) is 0 Å². The smallest absolute Gasteiger partial charge is 0.189 e. The van der Waals surface area contributed by atoms with Gasteiger partial charge in [0.1, 0.15) is 17.2 Å². The van der Waals surface area contributed by atoms with E-state index < -0.39 is 0 Å². The second-order valence-electron chi connectivity index (χ2n) is 6.09. The number of carbonyl (C=O) groups excluding carboxylic acids is 1. The van der Waals surface area contributed by atoms with Gasteiger partial charge >= 0.3 is 0 Å². The maximum absolute atomic E-state index is 12.6. The molecular formula is C23H20O4. The van der Waals surface area contributed by atoms with Crippen LogP contribution in [0, 0.1) is 0 Å². The van der Waals surface area contributed by atoms with Crippen molar-refractivity contribution in [1.82, 2.24) is 0 Å². The average molecular weight is 360 g/mol. The monoisotopic (exact) mass is 360 g/mol. The SMILES string of the molecule is COc1ccc(C(=O)/C=C/c2ccc(O)cc2)c(O)c1Cc1ccccc1. The van der Waals surface area contributed by atoms with Gasteiger partial charge in [0.25, 0.3) is 0 Å². The van der Waals surface area contributed by atoms with Crippen molar-refractivity contribution in [2.75, 3.05) is 7.11 Å². The van der Waals surface area contributed by atoms with Crippen molar-refractivity contribution < 1.29 is 19.7 Å². The Morgan fingerprint density at radius 3 is 2.33 bits per heavy atom. The molecule has 0 aliphatic rings. The molecule has 4 nitrogen and oxygen atoms in total. The third-order valence-corrected chi connectivity index (χ3v) is 4.27. The normalized spacial score (nSPS) is 10.9. The van der Waals surface area contributed by atoms with Gasteiger partial charge in [0.05, 0.1) is 12.7 Å². The lowest BCUT2D eigenvalue weighted by Crippen LogP contribution is -2.01. The highest BCUT2D eigenvalue weighted by Crippen LogP contribution is 2.33. The topological polar surface area (TPSA) is 66.8 Å². The first kappa shape index (κ1) is 18.3. The summed E-state index contributed by atoms with van der Waals surface area (Å²) in [7, 11) is 1.54. The third kappa shape index (κ3) is 4.36. The Labute approximate surface area is 158 Å². The van der Waals surface area contributed by atoms with Gasteiger partial charge in [0, 0.05) is 12.0 Å². The Bertz CT molecular complexity index is 958. The fourth-order valence-corrected chi connectivity index (χ4v) is 2.83. The van der Waals surface area contributed by atoms with E-state index in [-0.39, 0.29) is 22.8 Å². The summed E-state index contributed by atoms with van der Waals surface area (Å²) in [5.41, 5.74) is 2.58. The molecule has 3 rings (SSSR count). The van der Waals surface area contributed by atoms with E-state index in [9.17, 15) is 15.0 Å². The molecule has 0 fully saturated rings. The second kappa shape index (κ2) is 8.23. The van der Waals surface area contributed by atoms with Gasteiger partial charge in [-0.1, -0.05) is 48.5 Å². The molecular weight excluding hydrogens is 340 g/mol. The van der Waals surface area contributed by atoms with E-state index in [1.54, 1.807) is 42.5 Å². The third-order valence-electron chi connectivity index (χ3n) is 4.27. The number of methoxy groups -OCH3 is 1. The standard InChI is InChI=1S/C23H20O4/c1-27-22-14-12-19(21(25)13-9-16-7-10-18(24)11-8-16)23(26)20(22)15-17-5-3-2-4-6-17/h2-14,24,26H,15H2,1H3/b13-9+. The molecule has 0 unspecified atom stereocenters. The Morgan fingerprint density at radius 2 is 1.67 bits per heavy atom. The fraction of sp³-hybridized carbons (Fsp3) is 0.0870. The summed E-state index contributed by atoms with van der Waals surface area (Å²) in [5, 5.41) is 20.0. The van der Waals surface area contributed by atoms with Crippen molar-refractivity contribution in [3.05, 3.63) is 95.1 Å². The van der Waals surface area contributed by atoms with Gasteiger partial charge in [-0.3, -0.25) is 4.79 Å². The molecule has 0 aromatic heterocycles. The van der Waals surface area contributed by atoms with Crippen LogP contribution in [0.15, 0.2) is 72.8 Å². The van der Waals surface area contributed by atoms with Crippen LogP contribution in [0.2, 0.25) is 0 Å². The molecule has 4 heteroatoms. The lowest BCUT2D eigenvalue weighted by Gasteiger charge is -2.13. The van der Waals surface area contributed by atoms with Gasteiger partial charge in [-0.25, -0.2) is 0 Å². The van der Waals surface area contributed by atoms with Gasteiger partial charge < -0.3 is 14.9 Å². The number of ketones is 1. The zero-order chi connectivity index (χ0) is 19.2. The summed E-state index contributed by atoms with van der Waals surface area (Å²) in [5.74, 6) is 0.323. The van der Waals surface area contributed by atoms with Crippen molar-refractivity contribution in [1.29, 1.82) is 0 Å². The minimum Gasteiger partial charge on any atom is -0.508 e. The maximum atomic E-state index is 12.6. The first-order chi connectivity index (χ1) is 13.1. The van der Waals surface area contributed by atoms with Crippen molar-refractivity contribution in [2.45, 2.75) is 6.42 Å². The number of hydrogen-bond acceptors (Lipinski definition) is 4. The number of phenols is 2. The van der Waals surface area contributed by atoms with E-state index in [0.717, 1.165) is 11.1 Å². The van der Waals surface area contributed by atoms with Gasteiger partial charge in [-0.2, -0.15) is 0 Å². The molecule has 0 saturated carbocycles. The first-order valence-electron chi connectivity index (χ1n) is 8.52. The summed E-state index contributed by atoms with van der Waals surface area (Å²) in [4.78, 5) is 12.6. The zero-order valence-electron chi connectivity index (χ0n) is 14.9. The molecule has 0 heterocycles. The molecule has 3 aromatic carbocycles. The first-order valence-corrected chi connectivity index (χ1v) is 8.52. The van der Waals surface area contributed by atoms with E-state index in [4.69, 9.17) is 4.74 Å². The van der Waals surface area contributed by atoms with Crippen molar-refractivity contribution in [3.8, 4) is 17.2 Å². The highest BCUT2D eigenvalue weighted by molar-refractivity contribution is 6.09. The Morgan fingerprint density at radius 1 is 0.963 bits per heavy atom. The predicted molar refractivity (Wildman–Crippen MR) is 105 cm³/mol. The summed E-state index contributed by atoms with van der Waals surface area (Å²) in [6.45, 7) is 0. The van der Waals surface area contributed by atoms with E-state index in [1.165, 1.54) is 13.2 Å². The summed E-state index contributed by atoms with van der Waals surface area (Å²) >= 11 is 0. The van der Waals surface area contributed by atoms with Crippen LogP contribution in [0.25, 0.3) is 6.08 Å². The highest BCUT2D eigenvalue weighted by atomic mass is 16.5. The second-order valence-corrected chi connectivity index (χ2v) is 6.09. The van der Waals surface area contributed by atoms with Gasteiger partial charge in [0.2, 0.25) is 0 Å². The summed E-state index contributed by atoms with van der Waals surface area (Å²) < 4.78 is 5.36. The quantitative estimate of drug-likeness (QED) is 0.498. The van der Waals surface area contributed by atoms with Gasteiger partial charge in [-0.05, 0) is 41.5 Å². The molecule has 0 aliphatic carbocycles. The molecule has 0 spiro atoms. The summed E-state index contributed by atoms with van der Waals surface area (Å²) in [6.07, 6.45) is 3.50. The molecule has 0 bridgehead atoms. The summed E-state index contributed by atoms with van der Waals surface area (Å²) in [6, 6.07) is 19.4. The van der Waals surface area contributed by atoms with Crippen LogP contribution < -0.4 is 4.74 Å². The molecule has 3 aromatic rings. The number of carbonyl (C=O) groups is 1. The fourth-order valence-electron chi connectivity index (χ4n) is 2.83. The minimum absolute atomic E-state index is 0.0708. The number of aromatic hydroxyl groups is 2. The average Bonchev–Trinajstić information content (AvgIpc) is 2.69. The lowest BCUT2D eigenvalue weighted by molar-refractivity contribution is 0.104. The van der Waals surface area contributed by atoms with Crippen LogP contribution >= 0.6 is 0 Å². The maximum Gasteiger partial charge on any atom is 0.189 e. The van der Waals surface area contributed by atoms with Crippen LogP contribution in [0.1, 0.15) is 27.0 Å². The molecule has 0 atom stereocenters. The number of benzene rings is 3. The highest BCUT2D eigenvalue weighted by Gasteiger charge is 2.17. The molecule has 2 N–H and O–H groups in total. The molecule has 27 heavy (non-hydrogen) atoms. The molecule has 0 amide bonds. The van der Waals surface area contributed by atoms with E-state index in [1.807, 2.05) is 30.3 Å². The number of allylic oxidation sites excluding steroid dienone is 1. The van der Waals surface area contributed by atoms with E-state index >= 15 is 0 Å². The van der Waals surface area contributed by atoms with Crippen LogP contribution in [-0.2, 0) is 6.42 Å². The van der Waals surface area contributed by atoms with Crippen LogP contribution in [-0.4, -0.2) is 23.1 Å². The molecule has 0 saturated heterocycles. The van der Waals surface area contributed by atoms with Crippen LogP contribution in [0.5, 0.6) is 17.2 Å². The molecule has 136 valence electrons. The number of rotatable bonds is 6. The number of phenolic OH excluding ortho intramolecular Hbond substituents is 2. The lowest BCUT2D eigenvalue weighted by atomic mass is 9.98. The largest absolute Gasteiger partial charge is 0.508 e. The van der Waals surface area contributed by atoms with Gasteiger partial charge in [-0.15, -0.1) is 0 Å². The van der Waals surface area contributed by atoms with Crippen molar-refractivity contribution in [3.63, 3.8) is 0 Å².